The Labute approximate surface area is 123 Å². The first-order chi connectivity index (χ1) is 8.90. The second kappa shape index (κ2) is 7.45. The van der Waals surface area contributed by atoms with Crippen molar-refractivity contribution >= 4 is 33.0 Å². The Balaban J connectivity index is 2.92. The van der Waals surface area contributed by atoms with Crippen molar-refractivity contribution in [1.29, 1.82) is 0 Å². The lowest BCUT2D eigenvalue weighted by atomic mass is 10.2. The van der Waals surface area contributed by atoms with Crippen molar-refractivity contribution in [3.8, 4) is 0 Å². The number of aliphatic hydroxyl groups is 1. The molecule has 108 valence electrons. The van der Waals surface area contributed by atoms with Crippen molar-refractivity contribution in [2.24, 2.45) is 0 Å². The molecule has 4 nitrogen and oxygen atoms in total. The molecule has 0 aliphatic heterocycles. The van der Waals surface area contributed by atoms with Gasteiger partial charge < -0.3 is 10.4 Å². The normalized spacial score (nSPS) is 13.5. The highest BCUT2D eigenvalue weighted by atomic mass is 35.5. The van der Waals surface area contributed by atoms with Gasteiger partial charge in [-0.3, -0.25) is 0 Å². The van der Waals surface area contributed by atoms with Crippen molar-refractivity contribution in [1.82, 2.24) is 5.32 Å². The van der Waals surface area contributed by atoms with Gasteiger partial charge in [-0.25, -0.2) is 8.42 Å². The summed E-state index contributed by atoms with van der Waals surface area (Å²) in [5.41, 5.74) is 0. The summed E-state index contributed by atoms with van der Waals surface area (Å²) < 4.78 is 24.5. The Hall–Kier alpha value is -0.330. The fourth-order valence-corrected chi connectivity index (χ4v) is 3.66. The summed E-state index contributed by atoms with van der Waals surface area (Å²) in [5.74, 6) is -0.0840. The first kappa shape index (κ1) is 16.7. The van der Waals surface area contributed by atoms with Gasteiger partial charge in [0.05, 0.1) is 20.7 Å². The average Bonchev–Trinajstić information content (AvgIpc) is 2.32. The predicted octanol–water partition coefficient (Wildman–Crippen LogP) is 2.13. The van der Waals surface area contributed by atoms with E-state index in [1.807, 2.05) is 6.92 Å². The third-order valence-corrected chi connectivity index (χ3v) is 5.19. The molecule has 0 radical (unpaired) electrons. The molecule has 0 bridgehead atoms. The largest absolute Gasteiger partial charge is 0.396 e. The van der Waals surface area contributed by atoms with E-state index < -0.39 is 9.84 Å². The van der Waals surface area contributed by atoms with E-state index >= 15 is 0 Å². The quantitative estimate of drug-likeness (QED) is 0.806. The van der Waals surface area contributed by atoms with Crippen LogP contribution in [-0.4, -0.2) is 38.5 Å². The molecule has 0 aliphatic rings. The number of hydrogen-bond acceptors (Lipinski definition) is 4. The molecular weight excluding hydrogens is 309 g/mol. The fraction of sp³-hybridized carbons (Fsp3) is 0.500. The summed E-state index contributed by atoms with van der Waals surface area (Å²) >= 11 is 11.6. The van der Waals surface area contributed by atoms with E-state index in [0.717, 1.165) is 0 Å². The molecule has 1 atom stereocenters. The second-order valence-corrected chi connectivity index (χ2v) is 6.97. The standard InChI is InChI=1S/C12H17Cl2NO3S/c1-2-15-9(5-6-16)8-19(17,18)10-3-4-11(13)12(14)7-10/h3-4,7,9,15-16H,2,5-6,8H2,1H3. The van der Waals surface area contributed by atoms with Gasteiger partial charge >= 0.3 is 0 Å². The van der Waals surface area contributed by atoms with Gasteiger partial charge in [-0.15, -0.1) is 0 Å². The van der Waals surface area contributed by atoms with Crippen LogP contribution in [0.15, 0.2) is 23.1 Å². The summed E-state index contributed by atoms with van der Waals surface area (Å²) in [6, 6.07) is 3.96. The Morgan fingerprint density at radius 3 is 2.53 bits per heavy atom. The Kier molecular flexibility index (Phi) is 6.56. The van der Waals surface area contributed by atoms with Gasteiger partial charge in [-0.05, 0) is 31.2 Å². The predicted molar refractivity (Wildman–Crippen MR) is 77.7 cm³/mol. The van der Waals surface area contributed by atoms with E-state index in [0.29, 0.717) is 18.0 Å². The van der Waals surface area contributed by atoms with Crippen LogP contribution in [0, 0.1) is 0 Å². The van der Waals surface area contributed by atoms with Crippen molar-refractivity contribution < 1.29 is 13.5 Å². The summed E-state index contributed by atoms with van der Waals surface area (Å²) in [6.45, 7) is 2.46. The van der Waals surface area contributed by atoms with Gasteiger partial charge in [0.15, 0.2) is 9.84 Å². The molecule has 19 heavy (non-hydrogen) atoms. The molecule has 1 unspecified atom stereocenters. The zero-order valence-electron chi connectivity index (χ0n) is 10.6. The van der Waals surface area contributed by atoms with Crippen LogP contribution in [0.3, 0.4) is 0 Å². The van der Waals surface area contributed by atoms with Crippen molar-refractivity contribution in [3.05, 3.63) is 28.2 Å². The minimum atomic E-state index is -3.46. The minimum Gasteiger partial charge on any atom is -0.396 e. The highest BCUT2D eigenvalue weighted by molar-refractivity contribution is 7.91. The molecule has 0 aliphatic carbocycles. The molecule has 0 saturated heterocycles. The second-order valence-electron chi connectivity index (χ2n) is 4.12. The van der Waals surface area contributed by atoms with Crippen molar-refractivity contribution in [2.75, 3.05) is 18.9 Å². The monoisotopic (exact) mass is 325 g/mol. The van der Waals surface area contributed by atoms with Gasteiger partial charge in [-0.2, -0.15) is 0 Å². The number of aliphatic hydroxyl groups excluding tert-OH is 1. The zero-order valence-corrected chi connectivity index (χ0v) is 12.9. The van der Waals surface area contributed by atoms with E-state index in [1.54, 1.807) is 0 Å². The lowest BCUT2D eigenvalue weighted by molar-refractivity contribution is 0.270. The van der Waals surface area contributed by atoms with Gasteiger partial charge in [0.1, 0.15) is 0 Å². The number of sulfone groups is 1. The number of nitrogens with one attached hydrogen (secondary N) is 1. The summed E-state index contributed by atoms with van der Waals surface area (Å²) in [5, 5.41) is 12.5. The number of hydrogen-bond donors (Lipinski definition) is 2. The summed E-state index contributed by atoms with van der Waals surface area (Å²) in [6.07, 6.45) is 0.383. The topological polar surface area (TPSA) is 66.4 Å². The van der Waals surface area contributed by atoms with Crippen LogP contribution in [0.5, 0.6) is 0 Å². The van der Waals surface area contributed by atoms with Gasteiger partial charge in [0, 0.05) is 12.6 Å². The van der Waals surface area contributed by atoms with E-state index in [9.17, 15) is 8.42 Å². The Morgan fingerprint density at radius 1 is 1.32 bits per heavy atom. The van der Waals surface area contributed by atoms with Crippen LogP contribution in [0.25, 0.3) is 0 Å². The van der Waals surface area contributed by atoms with Crippen LogP contribution in [-0.2, 0) is 9.84 Å². The molecule has 7 heteroatoms. The SMILES string of the molecule is CCNC(CCO)CS(=O)(=O)c1ccc(Cl)c(Cl)c1. The first-order valence-electron chi connectivity index (χ1n) is 5.92. The van der Waals surface area contributed by atoms with E-state index in [4.69, 9.17) is 28.3 Å². The molecule has 0 amide bonds. The Morgan fingerprint density at radius 2 is 2.00 bits per heavy atom. The van der Waals surface area contributed by atoms with Crippen molar-refractivity contribution in [3.63, 3.8) is 0 Å². The van der Waals surface area contributed by atoms with E-state index in [1.165, 1.54) is 18.2 Å². The summed E-state index contributed by atoms with van der Waals surface area (Å²) in [4.78, 5) is 0.141. The van der Waals surface area contributed by atoms with Crippen molar-refractivity contribution in [2.45, 2.75) is 24.3 Å². The molecule has 0 aromatic heterocycles. The van der Waals surface area contributed by atoms with Gasteiger partial charge in [0.25, 0.3) is 0 Å². The minimum absolute atomic E-state index is 0.0610. The van der Waals surface area contributed by atoms with E-state index in [2.05, 4.69) is 5.32 Å². The molecule has 1 aromatic carbocycles. The highest BCUT2D eigenvalue weighted by Crippen LogP contribution is 2.25. The zero-order chi connectivity index (χ0) is 14.5. The van der Waals surface area contributed by atoms with Gasteiger partial charge in [-0.1, -0.05) is 30.1 Å². The smallest absolute Gasteiger partial charge is 0.179 e. The molecule has 0 heterocycles. The molecule has 0 saturated carbocycles. The van der Waals surface area contributed by atoms with Crippen LogP contribution in [0.4, 0.5) is 0 Å². The lowest BCUT2D eigenvalue weighted by Gasteiger charge is -2.17. The molecular formula is C12H17Cl2NO3S. The summed E-state index contributed by atoms with van der Waals surface area (Å²) in [7, 11) is -3.46. The first-order valence-corrected chi connectivity index (χ1v) is 8.33. The maximum absolute atomic E-state index is 12.2. The third kappa shape index (κ3) is 4.93. The maximum Gasteiger partial charge on any atom is 0.179 e. The molecule has 1 rings (SSSR count). The van der Waals surface area contributed by atoms with E-state index in [-0.39, 0.29) is 28.3 Å². The maximum atomic E-state index is 12.2. The molecule has 2 N–H and O–H groups in total. The average molecular weight is 326 g/mol. The van der Waals surface area contributed by atoms with Crippen LogP contribution in [0.2, 0.25) is 10.0 Å². The molecule has 0 fully saturated rings. The lowest BCUT2D eigenvalue weighted by Crippen LogP contribution is -2.36. The molecule has 1 aromatic rings. The third-order valence-electron chi connectivity index (χ3n) is 2.64. The molecule has 0 spiro atoms. The van der Waals surface area contributed by atoms with Crippen LogP contribution in [0.1, 0.15) is 13.3 Å². The van der Waals surface area contributed by atoms with Crippen LogP contribution < -0.4 is 5.32 Å². The fourth-order valence-electron chi connectivity index (χ4n) is 1.72. The number of halogens is 2. The number of rotatable bonds is 7. The van der Waals surface area contributed by atoms with Crippen LogP contribution >= 0.6 is 23.2 Å². The Bertz CT molecular complexity index is 514. The highest BCUT2D eigenvalue weighted by Gasteiger charge is 2.21. The number of benzene rings is 1. The van der Waals surface area contributed by atoms with Gasteiger partial charge in [0.2, 0.25) is 0 Å².